The SMILES string of the molecule is CC1OC(Oc2ccc3[nH]cc(CCN(C)C)c3c2)C(O)C(O)C1O. The van der Waals surface area contributed by atoms with Gasteiger partial charge in [0.15, 0.2) is 0 Å². The predicted molar refractivity (Wildman–Crippen MR) is 93.5 cm³/mol. The molecule has 2 aromatic rings. The molecular formula is C18H26N2O5. The maximum Gasteiger partial charge on any atom is 0.229 e. The number of nitrogens with zero attached hydrogens (tertiary/aromatic N) is 1. The van der Waals surface area contributed by atoms with Gasteiger partial charge in [-0.3, -0.25) is 0 Å². The summed E-state index contributed by atoms with van der Waals surface area (Å²) in [6.45, 7) is 2.56. The molecule has 0 aliphatic carbocycles. The van der Waals surface area contributed by atoms with Gasteiger partial charge in [-0.05, 0) is 51.2 Å². The van der Waals surface area contributed by atoms with Crippen molar-refractivity contribution in [3.63, 3.8) is 0 Å². The van der Waals surface area contributed by atoms with Gasteiger partial charge in [0.05, 0.1) is 6.10 Å². The van der Waals surface area contributed by atoms with Gasteiger partial charge in [-0.1, -0.05) is 0 Å². The molecule has 1 aromatic heterocycles. The van der Waals surface area contributed by atoms with E-state index >= 15 is 0 Å². The molecule has 1 fully saturated rings. The van der Waals surface area contributed by atoms with Crippen molar-refractivity contribution in [1.29, 1.82) is 0 Å². The lowest BCUT2D eigenvalue weighted by atomic mass is 10.00. The molecule has 7 nitrogen and oxygen atoms in total. The number of fused-ring (bicyclic) bond motifs is 1. The van der Waals surface area contributed by atoms with Gasteiger partial charge in [0.1, 0.15) is 24.1 Å². The van der Waals surface area contributed by atoms with E-state index in [2.05, 4.69) is 9.88 Å². The Morgan fingerprint density at radius 1 is 1.16 bits per heavy atom. The Morgan fingerprint density at radius 3 is 2.64 bits per heavy atom. The maximum absolute atomic E-state index is 10.1. The van der Waals surface area contributed by atoms with Crippen molar-refractivity contribution in [3.05, 3.63) is 30.0 Å². The Bertz CT molecular complexity index is 717. The van der Waals surface area contributed by atoms with Crippen LogP contribution in [0.5, 0.6) is 5.75 Å². The number of ether oxygens (including phenoxy) is 2. The first kappa shape index (κ1) is 18.2. The maximum atomic E-state index is 10.1. The molecule has 1 aliphatic heterocycles. The van der Waals surface area contributed by atoms with Crippen molar-refractivity contribution >= 4 is 10.9 Å². The molecule has 0 amide bonds. The summed E-state index contributed by atoms with van der Waals surface area (Å²) in [7, 11) is 4.07. The number of H-pyrrole nitrogens is 1. The molecule has 138 valence electrons. The van der Waals surface area contributed by atoms with Crippen molar-refractivity contribution in [2.45, 2.75) is 44.1 Å². The zero-order valence-corrected chi connectivity index (χ0v) is 14.7. The standard InChI is InChI=1S/C18H26N2O5/c1-10-15(21)16(22)17(23)18(24-10)25-12-4-5-14-13(8-12)11(9-19-14)6-7-20(2)3/h4-5,8-10,15-19,21-23H,6-7H2,1-3H3. The summed E-state index contributed by atoms with van der Waals surface area (Å²) in [5.41, 5.74) is 2.19. The van der Waals surface area contributed by atoms with Crippen molar-refractivity contribution in [1.82, 2.24) is 9.88 Å². The highest BCUT2D eigenvalue weighted by Crippen LogP contribution is 2.28. The first-order chi connectivity index (χ1) is 11.9. The summed E-state index contributed by atoms with van der Waals surface area (Å²) in [6, 6.07) is 5.59. The number of hydrogen-bond acceptors (Lipinski definition) is 6. The molecule has 0 radical (unpaired) electrons. The summed E-state index contributed by atoms with van der Waals surface area (Å²) in [4.78, 5) is 5.37. The molecular weight excluding hydrogens is 324 g/mol. The lowest BCUT2D eigenvalue weighted by Gasteiger charge is -2.38. The van der Waals surface area contributed by atoms with Gasteiger partial charge in [0.2, 0.25) is 6.29 Å². The normalized spacial score (nSPS) is 30.1. The van der Waals surface area contributed by atoms with E-state index in [0.29, 0.717) is 5.75 Å². The van der Waals surface area contributed by atoms with Crippen molar-refractivity contribution in [2.24, 2.45) is 0 Å². The Labute approximate surface area is 146 Å². The molecule has 7 heteroatoms. The minimum atomic E-state index is -1.32. The summed E-state index contributed by atoms with van der Waals surface area (Å²) in [5, 5.41) is 30.8. The molecule has 25 heavy (non-hydrogen) atoms. The predicted octanol–water partition coefficient (Wildman–Crippen LogP) is 0.478. The minimum Gasteiger partial charge on any atom is -0.462 e. The first-order valence-corrected chi connectivity index (χ1v) is 8.48. The number of hydrogen-bond donors (Lipinski definition) is 4. The zero-order valence-electron chi connectivity index (χ0n) is 14.7. The molecule has 1 aliphatic rings. The van der Waals surface area contributed by atoms with Crippen molar-refractivity contribution < 1.29 is 24.8 Å². The van der Waals surface area contributed by atoms with Gasteiger partial charge in [-0.2, -0.15) is 0 Å². The number of nitrogens with one attached hydrogen (secondary N) is 1. The van der Waals surface area contributed by atoms with E-state index in [1.54, 1.807) is 13.0 Å². The molecule has 3 rings (SSSR count). The third kappa shape index (κ3) is 3.80. The van der Waals surface area contributed by atoms with Crippen LogP contribution in [0.25, 0.3) is 10.9 Å². The molecule has 5 atom stereocenters. The lowest BCUT2D eigenvalue weighted by Crippen LogP contribution is -2.58. The van der Waals surface area contributed by atoms with Crippen LogP contribution in [-0.2, 0) is 11.2 Å². The van der Waals surface area contributed by atoms with Gasteiger partial charge in [0, 0.05) is 23.6 Å². The highest BCUT2D eigenvalue weighted by molar-refractivity contribution is 5.84. The van der Waals surface area contributed by atoms with Gasteiger partial charge in [-0.25, -0.2) is 0 Å². The first-order valence-electron chi connectivity index (χ1n) is 8.48. The van der Waals surface area contributed by atoms with E-state index in [4.69, 9.17) is 9.47 Å². The van der Waals surface area contributed by atoms with Crippen LogP contribution in [0.3, 0.4) is 0 Å². The molecule has 1 aromatic carbocycles. The molecule has 2 heterocycles. The molecule has 4 N–H and O–H groups in total. The van der Waals surface area contributed by atoms with E-state index < -0.39 is 30.7 Å². The topological polar surface area (TPSA) is 98.2 Å². The second-order valence-corrected chi connectivity index (χ2v) is 6.87. The van der Waals surface area contributed by atoms with Crippen molar-refractivity contribution in [3.8, 4) is 5.75 Å². The molecule has 0 bridgehead atoms. The fourth-order valence-corrected chi connectivity index (χ4v) is 3.03. The average Bonchev–Trinajstić information content (AvgIpc) is 2.98. The Balaban J connectivity index is 1.78. The Kier molecular flexibility index (Phi) is 5.31. The van der Waals surface area contributed by atoms with E-state index in [9.17, 15) is 15.3 Å². The molecule has 5 unspecified atom stereocenters. The van der Waals surface area contributed by atoms with Crippen LogP contribution >= 0.6 is 0 Å². The minimum absolute atomic E-state index is 0.540. The summed E-state index contributed by atoms with van der Waals surface area (Å²) < 4.78 is 11.2. The van der Waals surface area contributed by atoms with Crippen LogP contribution in [0.1, 0.15) is 12.5 Å². The van der Waals surface area contributed by atoms with Gasteiger partial charge in [0.25, 0.3) is 0 Å². The number of aliphatic hydroxyl groups excluding tert-OH is 3. The fraction of sp³-hybridized carbons (Fsp3) is 0.556. The fourth-order valence-electron chi connectivity index (χ4n) is 3.03. The number of benzene rings is 1. The number of aromatic nitrogens is 1. The second-order valence-electron chi connectivity index (χ2n) is 6.87. The van der Waals surface area contributed by atoms with E-state index in [1.807, 2.05) is 32.4 Å². The van der Waals surface area contributed by atoms with Crippen LogP contribution in [0.4, 0.5) is 0 Å². The zero-order chi connectivity index (χ0) is 18.1. The second kappa shape index (κ2) is 7.31. The van der Waals surface area contributed by atoms with Crippen LogP contribution in [0.2, 0.25) is 0 Å². The monoisotopic (exact) mass is 350 g/mol. The largest absolute Gasteiger partial charge is 0.462 e. The highest BCUT2D eigenvalue weighted by atomic mass is 16.7. The van der Waals surface area contributed by atoms with E-state index in [1.165, 1.54) is 5.56 Å². The van der Waals surface area contributed by atoms with Gasteiger partial charge >= 0.3 is 0 Å². The number of aliphatic hydroxyl groups is 3. The number of rotatable bonds is 5. The van der Waals surface area contributed by atoms with Gasteiger partial charge in [-0.15, -0.1) is 0 Å². The number of likely N-dealkylation sites (N-methyl/N-ethyl adjacent to an activating group) is 1. The smallest absolute Gasteiger partial charge is 0.229 e. The number of aromatic amines is 1. The Hall–Kier alpha value is -1.64. The average molecular weight is 350 g/mol. The molecule has 0 spiro atoms. The third-order valence-electron chi connectivity index (χ3n) is 4.63. The third-order valence-corrected chi connectivity index (χ3v) is 4.63. The van der Waals surface area contributed by atoms with Crippen LogP contribution in [-0.4, -0.2) is 76.5 Å². The summed E-state index contributed by atoms with van der Waals surface area (Å²) in [5.74, 6) is 0.540. The quantitative estimate of drug-likeness (QED) is 0.626. The molecule has 0 saturated carbocycles. The lowest BCUT2D eigenvalue weighted by molar-refractivity contribution is -0.268. The highest BCUT2D eigenvalue weighted by Gasteiger charge is 2.43. The van der Waals surface area contributed by atoms with E-state index in [-0.39, 0.29) is 0 Å². The summed E-state index contributed by atoms with van der Waals surface area (Å²) >= 11 is 0. The van der Waals surface area contributed by atoms with Crippen molar-refractivity contribution in [2.75, 3.05) is 20.6 Å². The van der Waals surface area contributed by atoms with E-state index in [0.717, 1.165) is 23.9 Å². The molecule has 1 saturated heterocycles. The van der Waals surface area contributed by atoms with Crippen LogP contribution < -0.4 is 4.74 Å². The Morgan fingerprint density at radius 2 is 1.92 bits per heavy atom. The van der Waals surface area contributed by atoms with Crippen LogP contribution in [0.15, 0.2) is 24.4 Å². The summed E-state index contributed by atoms with van der Waals surface area (Å²) in [6.07, 6.45) is -2.53. The van der Waals surface area contributed by atoms with Crippen LogP contribution in [0, 0.1) is 0 Å². The van der Waals surface area contributed by atoms with Gasteiger partial charge < -0.3 is 34.7 Å².